The number of halogens is 1. The first-order valence-corrected chi connectivity index (χ1v) is 6.04. The summed E-state index contributed by atoms with van der Waals surface area (Å²) < 4.78 is 0. The van der Waals surface area contributed by atoms with Crippen LogP contribution in [0.25, 0.3) is 0 Å². The van der Waals surface area contributed by atoms with Gasteiger partial charge in [-0.15, -0.1) is 12.4 Å². The van der Waals surface area contributed by atoms with E-state index in [1.165, 1.54) is 32.1 Å². The van der Waals surface area contributed by atoms with E-state index in [-0.39, 0.29) is 18.3 Å². The Bertz CT molecular complexity index is 214. The Morgan fingerprint density at radius 2 is 1.87 bits per heavy atom. The van der Waals surface area contributed by atoms with Gasteiger partial charge in [-0.05, 0) is 12.8 Å². The Morgan fingerprint density at radius 1 is 1.20 bits per heavy atom. The maximum atomic E-state index is 11.4. The van der Waals surface area contributed by atoms with Crippen molar-refractivity contribution in [3.8, 4) is 0 Å². The van der Waals surface area contributed by atoms with Crippen molar-refractivity contribution in [2.45, 2.75) is 51.5 Å². The number of nitrogens with zero attached hydrogens (tertiary/aromatic N) is 1. The largest absolute Gasteiger partial charge is 0.299 e. The molecule has 2 fully saturated rings. The van der Waals surface area contributed by atoms with Crippen molar-refractivity contribution in [1.82, 2.24) is 4.90 Å². The first-order valence-electron chi connectivity index (χ1n) is 6.04. The first kappa shape index (κ1) is 13.0. The second-order valence-corrected chi connectivity index (χ2v) is 4.90. The van der Waals surface area contributed by atoms with E-state index in [2.05, 4.69) is 11.8 Å². The molecule has 1 atom stereocenters. The van der Waals surface area contributed by atoms with Gasteiger partial charge in [-0.3, -0.25) is 9.69 Å². The zero-order chi connectivity index (χ0) is 9.97. The molecule has 3 heteroatoms. The Kier molecular flexibility index (Phi) is 5.07. The van der Waals surface area contributed by atoms with E-state index >= 15 is 0 Å². The molecule has 0 amide bonds. The number of piperidine rings is 1. The number of carbonyl (C=O) groups excluding carboxylic acids is 1. The van der Waals surface area contributed by atoms with Crippen molar-refractivity contribution >= 4 is 18.2 Å². The van der Waals surface area contributed by atoms with Crippen molar-refractivity contribution in [3.63, 3.8) is 0 Å². The van der Waals surface area contributed by atoms with Crippen LogP contribution in [0.1, 0.15) is 45.4 Å². The third kappa shape index (κ3) is 3.18. The van der Waals surface area contributed by atoms with Gasteiger partial charge < -0.3 is 0 Å². The molecule has 0 radical (unpaired) electrons. The minimum absolute atomic E-state index is 0. The molecule has 15 heavy (non-hydrogen) atoms. The Balaban J connectivity index is 0.00000112. The van der Waals surface area contributed by atoms with Crippen molar-refractivity contribution in [3.05, 3.63) is 0 Å². The highest BCUT2D eigenvalue weighted by atomic mass is 35.5. The van der Waals surface area contributed by atoms with Gasteiger partial charge in [0, 0.05) is 31.5 Å². The van der Waals surface area contributed by atoms with E-state index in [0.717, 1.165) is 25.6 Å². The van der Waals surface area contributed by atoms with Crippen LogP contribution in [0.5, 0.6) is 0 Å². The number of rotatable bonds is 1. The molecule has 2 nitrogen and oxygen atoms in total. The van der Waals surface area contributed by atoms with Crippen LogP contribution in [0, 0.1) is 5.92 Å². The Hall–Kier alpha value is -0.0800. The van der Waals surface area contributed by atoms with Gasteiger partial charge in [-0.2, -0.15) is 0 Å². The molecule has 2 aliphatic rings. The van der Waals surface area contributed by atoms with Gasteiger partial charge in [0.25, 0.3) is 0 Å². The normalized spacial score (nSPS) is 29.9. The molecular formula is C12H22ClNO. The number of likely N-dealkylation sites (tertiary alicyclic amines) is 1. The van der Waals surface area contributed by atoms with Gasteiger partial charge in [0.2, 0.25) is 0 Å². The quantitative estimate of drug-likeness (QED) is 0.692. The fourth-order valence-corrected chi connectivity index (χ4v) is 2.82. The third-order valence-corrected chi connectivity index (χ3v) is 3.79. The van der Waals surface area contributed by atoms with Gasteiger partial charge >= 0.3 is 0 Å². The predicted molar refractivity (Wildman–Crippen MR) is 64.5 cm³/mol. The predicted octanol–water partition coefficient (Wildman–Crippen LogP) is 2.65. The summed E-state index contributed by atoms with van der Waals surface area (Å²) in [6, 6.07) is 0.791. The lowest BCUT2D eigenvalue weighted by Crippen LogP contribution is -2.46. The molecule has 0 aromatic rings. The van der Waals surface area contributed by atoms with Gasteiger partial charge in [-0.25, -0.2) is 0 Å². The molecule has 1 saturated heterocycles. The smallest absolute Gasteiger partial charge is 0.138 e. The van der Waals surface area contributed by atoms with Crippen molar-refractivity contribution in [2.24, 2.45) is 5.92 Å². The topological polar surface area (TPSA) is 20.3 Å². The van der Waals surface area contributed by atoms with Gasteiger partial charge in [0.05, 0.1) is 0 Å². The lowest BCUT2D eigenvalue weighted by molar-refractivity contribution is -0.126. The number of carbonyl (C=O) groups is 1. The van der Waals surface area contributed by atoms with Crippen molar-refractivity contribution in [2.75, 3.05) is 13.1 Å². The molecule has 1 saturated carbocycles. The summed E-state index contributed by atoms with van der Waals surface area (Å²) >= 11 is 0. The van der Waals surface area contributed by atoms with E-state index in [4.69, 9.17) is 0 Å². The molecule has 1 aliphatic carbocycles. The lowest BCUT2D eigenvalue weighted by Gasteiger charge is -2.38. The molecule has 1 aliphatic heterocycles. The van der Waals surface area contributed by atoms with Crippen LogP contribution in [0.4, 0.5) is 0 Å². The number of hydrogen-bond donors (Lipinski definition) is 0. The standard InChI is InChI=1S/C12H21NO.ClH/c1-10-9-13(8-7-12(10)14)11-5-3-2-4-6-11;/h10-11H,2-9H2,1H3;1H. The molecule has 0 aromatic heterocycles. The molecular weight excluding hydrogens is 210 g/mol. The average Bonchev–Trinajstić information content (AvgIpc) is 2.23. The van der Waals surface area contributed by atoms with E-state index in [9.17, 15) is 4.79 Å². The monoisotopic (exact) mass is 231 g/mol. The molecule has 88 valence electrons. The van der Waals surface area contributed by atoms with E-state index in [0.29, 0.717) is 5.78 Å². The molecule has 0 aromatic carbocycles. The summed E-state index contributed by atoms with van der Waals surface area (Å²) in [5, 5.41) is 0. The summed E-state index contributed by atoms with van der Waals surface area (Å²) in [6.07, 6.45) is 7.71. The van der Waals surface area contributed by atoms with Crippen LogP contribution in [0.15, 0.2) is 0 Å². The molecule has 0 bridgehead atoms. The van der Waals surface area contributed by atoms with Crippen molar-refractivity contribution in [1.29, 1.82) is 0 Å². The number of hydrogen-bond acceptors (Lipinski definition) is 2. The van der Waals surface area contributed by atoms with E-state index < -0.39 is 0 Å². The third-order valence-electron chi connectivity index (χ3n) is 3.79. The summed E-state index contributed by atoms with van der Waals surface area (Å²) in [5.41, 5.74) is 0. The fourth-order valence-electron chi connectivity index (χ4n) is 2.82. The van der Waals surface area contributed by atoms with Crippen LogP contribution in [0.3, 0.4) is 0 Å². The summed E-state index contributed by atoms with van der Waals surface area (Å²) in [7, 11) is 0. The maximum Gasteiger partial charge on any atom is 0.138 e. The Morgan fingerprint density at radius 3 is 2.47 bits per heavy atom. The maximum absolute atomic E-state index is 11.4. The fraction of sp³-hybridized carbons (Fsp3) is 0.917. The minimum Gasteiger partial charge on any atom is -0.299 e. The summed E-state index contributed by atoms with van der Waals surface area (Å²) in [6.45, 7) is 4.12. The average molecular weight is 232 g/mol. The SMILES string of the molecule is CC1CN(C2CCCCC2)CCC1=O.Cl. The lowest BCUT2D eigenvalue weighted by atomic mass is 9.90. The van der Waals surface area contributed by atoms with Crippen LogP contribution < -0.4 is 0 Å². The molecule has 2 rings (SSSR count). The van der Waals surface area contributed by atoms with Gasteiger partial charge in [0.15, 0.2) is 0 Å². The van der Waals surface area contributed by atoms with Crippen LogP contribution in [0.2, 0.25) is 0 Å². The van der Waals surface area contributed by atoms with Crippen LogP contribution in [-0.4, -0.2) is 29.8 Å². The molecule has 1 heterocycles. The minimum atomic E-state index is 0. The summed E-state index contributed by atoms with van der Waals surface area (Å²) in [5.74, 6) is 0.753. The first-order chi connectivity index (χ1) is 6.77. The van der Waals surface area contributed by atoms with Crippen molar-refractivity contribution < 1.29 is 4.79 Å². The van der Waals surface area contributed by atoms with E-state index in [1.807, 2.05) is 0 Å². The number of ketones is 1. The van der Waals surface area contributed by atoms with Crippen LogP contribution in [-0.2, 0) is 4.79 Å². The second-order valence-electron chi connectivity index (χ2n) is 4.90. The van der Waals surface area contributed by atoms with Crippen LogP contribution >= 0.6 is 12.4 Å². The Labute approximate surface area is 98.8 Å². The summed E-state index contributed by atoms with van der Waals surface area (Å²) in [4.78, 5) is 14.0. The molecule has 0 N–H and O–H groups in total. The highest BCUT2D eigenvalue weighted by Crippen LogP contribution is 2.25. The molecule has 1 unspecified atom stereocenters. The zero-order valence-electron chi connectivity index (χ0n) is 9.58. The van der Waals surface area contributed by atoms with Gasteiger partial charge in [-0.1, -0.05) is 26.2 Å². The van der Waals surface area contributed by atoms with Gasteiger partial charge in [0.1, 0.15) is 5.78 Å². The molecule has 0 spiro atoms. The highest BCUT2D eigenvalue weighted by molar-refractivity contribution is 5.85. The zero-order valence-corrected chi connectivity index (χ0v) is 10.4. The number of Topliss-reactive ketones (excluding diaryl/α,β-unsaturated/α-hetero) is 1. The second kappa shape index (κ2) is 5.86. The highest BCUT2D eigenvalue weighted by Gasteiger charge is 2.28. The van der Waals surface area contributed by atoms with E-state index in [1.54, 1.807) is 0 Å².